The van der Waals surface area contributed by atoms with Crippen LogP contribution < -0.4 is 9.80 Å². The summed E-state index contributed by atoms with van der Waals surface area (Å²) >= 11 is 0. The molecule has 1 aromatic carbocycles. The first-order chi connectivity index (χ1) is 13.2. The number of anilines is 2. The Morgan fingerprint density at radius 2 is 1.81 bits per heavy atom. The first kappa shape index (κ1) is 17.6. The molecule has 2 aliphatic heterocycles. The van der Waals surface area contributed by atoms with E-state index in [0.717, 1.165) is 31.3 Å². The summed E-state index contributed by atoms with van der Waals surface area (Å²) < 4.78 is 5.08. The lowest BCUT2D eigenvalue weighted by molar-refractivity contribution is 0.105. The molecule has 4 rings (SSSR count). The van der Waals surface area contributed by atoms with Crippen molar-refractivity contribution in [2.45, 2.75) is 19.9 Å². The van der Waals surface area contributed by atoms with Crippen molar-refractivity contribution in [2.24, 2.45) is 0 Å². The predicted molar refractivity (Wildman–Crippen MR) is 104 cm³/mol. The zero-order valence-corrected chi connectivity index (χ0v) is 15.7. The number of hydrogen-bond acceptors (Lipinski definition) is 6. The van der Waals surface area contributed by atoms with Crippen LogP contribution in [0.5, 0.6) is 0 Å². The van der Waals surface area contributed by atoms with Gasteiger partial charge in [0.25, 0.3) is 0 Å². The SMILES string of the molecule is CCOC(=O)N1CCN(c2nccc(N3CCc4ccccc4C3)n2)CC1. The van der Waals surface area contributed by atoms with Crippen LogP contribution in [-0.2, 0) is 17.7 Å². The minimum Gasteiger partial charge on any atom is -0.450 e. The molecule has 0 spiro atoms. The summed E-state index contributed by atoms with van der Waals surface area (Å²) in [5.74, 6) is 1.69. The number of rotatable bonds is 3. The number of hydrogen-bond donors (Lipinski definition) is 0. The smallest absolute Gasteiger partial charge is 0.409 e. The number of piperazine rings is 1. The van der Waals surface area contributed by atoms with Gasteiger partial charge in [0, 0.05) is 45.5 Å². The Hall–Kier alpha value is -2.83. The number of ether oxygens (including phenoxy) is 1. The largest absolute Gasteiger partial charge is 0.450 e. The molecule has 3 heterocycles. The normalized spacial score (nSPS) is 16.9. The fraction of sp³-hybridized carbons (Fsp3) is 0.450. The van der Waals surface area contributed by atoms with Gasteiger partial charge in [-0.3, -0.25) is 0 Å². The van der Waals surface area contributed by atoms with Gasteiger partial charge in [0.15, 0.2) is 0 Å². The molecule has 1 saturated heterocycles. The topological polar surface area (TPSA) is 61.8 Å². The van der Waals surface area contributed by atoms with Crippen LogP contribution in [0.4, 0.5) is 16.6 Å². The van der Waals surface area contributed by atoms with Gasteiger partial charge in [-0.1, -0.05) is 24.3 Å². The molecule has 7 heteroatoms. The van der Waals surface area contributed by atoms with E-state index in [1.54, 1.807) is 4.90 Å². The van der Waals surface area contributed by atoms with Crippen molar-refractivity contribution in [2.75, 3.05) is 49.1 Å². The Morgan fingerprint density at radius 1 is 1.04 bits per heavy atom. The van der Waals surface area contributed by atoms with Crippen LogP contribution in [0.1, 0.15) is 18.1 Å². The lowest BCUT2D eigenvalue weighted by Gasteiger charge is -2.35. The lowest BCUT2D eigenvalue weighted by atomic mass is 10.00. The first-order valence-electron chi connectivity index (χ1n) is 9.56. The highest BCUT2D eigenvalue weighted by molar-refractivity contribution is 5.68. The molecule has 1 amide bonds. The number of amides is 1. The van der Waals surface area contributed by atoms with E-state index in [1.807, 2.05) is 19.2 Å². The number of nitrogens with zero attached hydrogens (tertiary/aromatic N) is 5. The summed E-state index contributed by atoms with van der Waals surface area (Å²) in [5, 5.41) is 0. The summed E-state index contributed by atoms with van der Waals surface area (Å²) in [6.07, 6.45) is 2.63. The van der Waals surface area contributed by atoms with E-state index in [2.05, 4.69) is 39.0 Å². The average Bonchev–Trinajstić information content (AvgIpc) is 2.74. The second kappa shape index (κ2) is 7.82. The van der Waals surface area contributed by atoms with E-state index in [4.69, 9.17) is 9.72 Å². The molecule has 0 bridgehead atoms. The highest BCUT2D eigenvalue weighted by atomic mass is 16.6. The lowest BCUT2D eigenvalue weighted by Crippen LogP contribution is -2.49. The van der Waals surface area contributed by atoms with Gasteiger partial charge >= 0.3 is 6.09 Å². The van der Waals surface area contributed by atoms with E-state index < -0.39 is 0 Å². The second-order valence-corrected chi connectivity index (χ2v) is 6.83. The summed E-state index contributed by atoms with van der Waals surface area (Å²) in [6, 6.07) is 10.6. The number of carbonyl (C=O) groups excluding carboxylic acids is 1. The summed E-state index contributed by atoms with van der Waals surface area (Å²) in [6.45, 7) is 6.76. The minimum absolute atomic E-state index is 0.237. The number of fused-ring (bicyclic) bond motifs is 1. The molecule has 0 radical (unpaired) electrons. The number of aromatic nitrogens is 2. The predicted octanol–water partition coefficient (Wildman–Crippen LogP) is 2.32. The van der Waals surface area contributed by atoms with E-state index >= 15 is 0 Å². The Bertz CT molecular complexity index is 804. The maximum atomic E-state index is 11.8. The van der Waals surface area contributed by atoms with Gasteiger partial charge in [0.2, 0.25) is 5.95 Å². The van der Waals surface area contributed by atoms with Gasteiger partial charge < -0.3 is 19.4 Å². The van der Waals surface area contributed by atoms with Crippen LogP contribution in [0, 0.1) is 0 Å². The van der Waals surface area contributed by atoms with Crippen molar-refractivity contribution in [1.29, 1.82) is 0 Å². The zero-order valence-electron chi connectivity index (χ0n) is 15.7. The second-order valence-electron chi connectivity index (χ2n) is 6.83. The average molecular weight is 367 g/mol. The minimum atomic E-state index is -0.237. The molecule has 142 valence electrons. The molecule has 7 nitrogen and oxygen atoms in total. The molecule has 1 aromatic heterocycles. The molecule has 0 atom stereocenters. The van der Waals surface area contributed by atoms with Gasteiger partial charge in [-0.25, -0.2) is 9.78 Å². The summed E-state index contributed by atoms with van der Waals surface area (Å²) in [5.41, 5.74) is 2.80. The standard InChI is InChI=1S/C20H25N5O2/c1-2-27-20(26)24-13-11-23(12-14-24)19-21-9-7-18(22-19)25-10-8-16-5-3-4-6-17(16)15-25/h3-7,9H,2,8,10-15H2,1H3. The fourth-order valence-corrected chi connectivity index (χ4v) is 3.66. The van der Waals surface area contributed by atoms with Crippen LogP contribution in [0.15, 0.2) is 36.5 Å². The third-order valence-corrected chi connectivity index (χ3v) is 5.17. The van der Waals surface area contributed by atoms with Gasteiger partial charge in [-0.15, -0.1) is 0 Å². The Morgan fingerprint density at radius 3 is 2.59 bits per heavy atom. The van der Waals surface area contributed by atoms with Gasteiger partial charge in [0.05, 0.1) is 6.61 Å². The molecular formula is C20H25N5O2. The van der Waals surface area contributed by atoms with E-state index in [1.165, 1.54) is 11.1 Å². The number of benzene rings is 1. The fourth-order valence-electron chi connectivity index (χ4n) is 3.66. The van der Waals surface area contributed by atoms with E-state index in [-0.39, 0.29) is 6.09 Å². The monoisotopic (exact) mass is 367 g/mol. The highest BCUT2D eigenvalue weighted by Gasteiger charge is 2.24. The van der Waals surface area contributed by atoms with Crippen molar-refractivity contribution in [3.05, 3.63) is 47.7 Å². The van der Waals surface area contributed by atoms with Crippen molar-refractivity contribution < 1.29 is 9.53 Å². The molecule has 1 fully saturated rings. The van der Waals surface area contributed by atoms with E-state index in [0.29, 0.717) is 32.8 Å². The molecular weight excluding hydrogens is 342 g/mol. The molecule has 0 unspecified atom stereocenters. The molecule has 27 heavy (non-hydrogen) atoms. The van der Waals surface area contributed by atoms with Gasteiger partial charge in [-0.2, -0.15) is 4.98 Å². The van der Waals surface area contributed by atoms with Crippen LogP contribution in [0.2, 0.25) is 0 Å². The third kappa shape index (κ3) is 3.82. The summed E-state index contributed by atoms with van der Waals surface area (Å²) in [4.78, 5) is 27.3. The molecule has 2 aromatic rings. The zero-order chi connectivity index (χ0) is 18.6. The van der Waals surface area contributed by atoms with E-state index in [9.17, 15) is 4.79 Å². The molecule has 0 N–H and O–H groups in total. The first-order valence-corrected chi connectivity index (χ1v) is 9.56. The summed E-state index contributed by atoms with van der Waals surface area (Å²) in [7, 11) is 0. The van der Waals surface area contributed by atoms with Gasteiger partial charge in [0.1, 0.15) is 5.82 Å². The van der Waals surface area contributed by atoms with Crippen LogP contribution in [0.25, 0.3) is 0 Å². The molecule has 0 aliphatic carbocycles. The third-order valence-electron chi connectivity index (χ3n) is 5.17. The van der Waals surface area contributed by atoms with Crippen molar-refractivity contribution in [3.63, 3.8) is 0 Å². The van der Waals surface area contributed by atoms with Crippen molar-refractivity contribution >= 4 is 17.9 Å². The molecule has 0 saturated carbocycles. The van der Waals surface area contributed by atoms with Crippen LogP contribution in [-0.4, -0.2) is 60.3 Å². The maximum Gasteiger partial charge on any atom is 0.409 e. The van der Waals surface area contributed by atoms with Crippen molar-refractivity contribution in [3.8, 4) is 0 Å². The van der Waals surface area contributed by atoms with Crippen LogP contribution >= 0.6 is 0 Å². The Kier molecular flexibility index (Phi) is 5.09. The van der Waals surface area contributed by atoms with Crippen molar-refractivity contribution in [1.82, 2.24) is 14.9 Å². The number of carbonyl (C=O) groups is 1. The molecule has 2 aliphatic rings. The van der Waals surface area contributed by atoms with Gasteiger partial charge in [-0.05, 0) is 30.5 Å². The highest BCUT2D eigenvalue weighted by Crippen LogP contribution is 2.24. The van der Waals surface area contributed by atoms with Crippen LogP contribution in [0.3, 0.4) is 0 Å². The quantitative estimate of drug-likeness (QED) is 0.830. The maximum absolute atomic E-state index is 11.8. The Labute approximate surface area is 159 Å². The Balaban J connectivity index is 1.42.